The van der Waals surface area contributed by atoms with Gasteiger partial charge in [0.05, 0.1) is 11.3 Å². The SMILES string of the molecule is CCc1ccccc1NC(=O)CSc1nc2ccsc2c(=O)n1C(C)CC. The molecule has 1 unspecified atom stereocenters. The topological polar surface area (TPSA) is 64.0 Å². The second kappa shape index (κ2) is 8.71. The van der Waals surface area contributed by atoms with Crippen LogP contribution in [0.5, 0.6) is 0 Å². The monoisotopic (exact) mass is 401 g/mol. The van der Waals surface area contributed by atoms with E-state index in [1.807, 2.05) is 49.6 Å². The fourth-order valence-corrected chi connectivity index (χ4v) is 4.51. The molecule has 2 aromatic heterocycles. The third kappa shape index (κ3) is 4.25. The van der Waals surface area contributed by atoms with Crippen LogP contribution in [-0.4, -0.2) is 21.2 Å². The van der Waals surface area contributed by atoms with Crippen molar-refractivity contribution in [3.05, 3.63) is 51.6 Å². The van der Waals surface area contributed by atoms with Gasteiger partial charge in [-0.25, -0.2) is 4.98 Å². The lowest BCUT2D eigenvalue weighted by molar-refractivity contribution is -0.113. The summed E-state index contributed by atoms with van der Waals surface area (Å²) in [6, 6.07) is 9.68. The maximum atomic E-state index is 12.8. The lowest BCUT2D eigenvalue weighted by Gasteiger charge is -2.17. The fourth-order valence-electron chi connectivity index (χ4n) is 2.84. The van der Waals surface area contributed by atoms with Gasteiger partial charge in [0.1, 0.15) is 4.70 Å². The summed E-state index contributed by atoms with van der Waals surface area (Å²) in [6.45, 7) is 6.10. The Morgan fingerprint density at radius 3 is 2.81 bits per heavy atom. The molecule has 1 aromatic carbocycles. The highest BCUT2D eigenvalue weighted by Crippen LogP contribution is 2.25. The number of rotatable bonds is 7. The van der Waals surface area contributed by atoms with Gasteiger partial charge in [0.25, 0.3) is 5.56 Å². The van der Waals surface area contributed by atoms with Gasteiger partial charge in [0.2, 0.25) is 5.91 Å². The minimum Gasteiger partial charge on any atom is -0.325 e. The third-order valence-corrected chi connectivity index (χ3v) is 6.36. The van der Waals surface area contributed by atoms with Crippen LogP contribution in [-0.2, 0) is 11.2 Å². The van der Waals surface area contributed by atoms with E-state index in [1.165, 1.54) is 23.1 Å². The van der Waals surface area contributed by atoms with E-state index >= 15 is 0 Å². The number of para-hydroxylation sites is 1. The fraction of sp³-hybridized carbons (Fsp3) is 0.350. The zero-order valence-electron chi connectivity index (χ0n) is 15.7. The number of carbonyl (C=O) groups excluding carboxylic acids is 1. The van der Waals surface area contributed by atoms with Crippen molar-refractivity contribution in [3.8, 4) is 0 Å². The maximum Gasteiger partial charge on any atom is 0.272 e. The number of thiophene rings is 1. The Labute approximate surface area is 166 Å². The highest BCUT2D eigenvalue weighted by Gasteiger charge is 2.17. The molecule has 0 radical (unpaired) electrons. The van der Waals surface area contributed by atoms with Gasteiger partial charge >= 0.3 is 0 Å². The Balaban J connectivity index is 1.82. The standard InChI is InChI=1S/C20H23N3O2S2/c1-4-13(3)23-19(25)18-16(10-11-26-18)22-20(23)27-12-17(24)21-15-9-7-6-8-14(15)5-2/h6-11,13H,4-5,12H2,1-3H3,(H,21,24). The first-order valence-electron chi connectivity index (χ1n) is 9.05. The van der Waals surface area contributed by atoms with Crippen molar-refractivity contribution >= 4 is 44.9 Å². The van der Waals surface area contributed by atoms with Crippen LogP contribution in [0.1, 0.15) is 38.8 Å². The van der Waals surface area contributed by atoms with Crippen molar-refractivity contribution in [3.63, 3.8) is 0 Å². The highest BCUT2D eigenvalue weighted by molar-refractivity contribution is 7.99. The van der Waals surface area contributed by atoms with Gasteiger partial charge < -0.3 is 5.32 Å². The number of anilines is 1. The largest absolute Gasteiger partial charge is 0.325 e. The van der Waals surface area contributed by atoms with Gasteiger partial charge in [0.15, 0.2) is 5.16 Å². The zero-order chi connectivity index (χ0) is 19.4. The molecule has 2 heterocycles. The smallest absolute Gasteiger partial charge is 0.272 e. The molecule has 0 aliphatic rings. The third-order valence-electron chi connectivity index (χ3n) is 4.52. The molecular weight excluding hydrogens is 378 g/mol. The summed E-state index contributed by atoms with van der Waals surface area (Å²) in [5, 5.41) is 5.44. The quantitative estimate of drug-likeness (QED) is 0.459. The summed E-state index contributed by atoms with van der Waals surface area (Å²) >= 11 is 2.72. The number of nitrogens with one attached hydrogen (secondary N) is 1. The number of hydrogen-bond donors (Lipinski definition) is 1. The Morgan fingerprint density at radius 1 is 1.30 bits per heavy atom. The molecule has 0 saturated heterocycles. The van der Waals surface area contributed by atoms with Crippen LogP contribution in [0.25, 0.3) is 10.2 Å². The van der Waals surface area contributed by atoms with Gasteiger partial charge in [-0.2, -0.15) is 0 Å². The van der Waals surface area contributed by atoms with E-state index in [2.05, 4.69) is 17.2 Å². The molecule has 5 nitrogen and oxygen atoms in total. The molecule has 3 rings (SSSR count). The minimum absolute atomic E-state index is 0.0245. The molecule has 7 heteroatoms. The van der Waals surface area contributed by atoms with Gasteiger partial charge in [-0.3, -0.25) is 14.2 Å². The van der Waals surface area contributed by atoms with Crippen molar-refractivity contribution in [1.29, 1.82) is 0 Å². The first kappa shape index (κ1) is 19.6. The Bertz CT molecular complexity index is 1010. The van der Waals surface area contributed by atoms with Gasteiger partial charge in [-0.15, -0.1) is 11.3 Å². The Kier molecular flexibility index (Phi) is 6.34. The summed E-state index contributed by atoms with van der Waals surface area (Å²) in [5.74, 6) is 0.104. The number of benzene rings is 1. The van der Waals surface area contributed by atoms with Crippen LogP contribution in [0, 0.1) is 0 Å². The van der Waals surface area contributed by atoms with E-state index < -0.39 is 0 Å². The highest BCUT2D eigenvalue weighted by atomic mass is 32.2. The van der Waals surface area contributed by atoms with E-state index in [1.54, 1.807) is 4.57 Å². The van der Waals surface area contributed by atoms with Crippen molar-refractivity contribution in [1.82, 2.24) is 9.55 Å². The van der Waals surface area contributed by atoms with Crippen molar-refractivity contribution in [2.45, 2.75) is 44.8 Å². The molecule has 1 N–H and O–H groups in total. The van der Waals surface area contributed by atoms with Crippen LogP contribution < -0.4 is 10.9 Å². The van der Waals surface area contributed by atoms with Crippen molar-refractivity contribution in [2.24, 2.45) is 0 Å². The lowest BCUT2D eigenvalue weighted by atomic mass is 10.1. The average Bonchev–Trinajstić information content (AvgIpc) is 3.15. The zero-order valence-corrected chi connectivity index (χ0v) is 17.3. The summed E-state index contributed by atoms with van der Waals surface area (Å²) < 4.78 is 2.39. The molecule has 0 saturated carbocycles. The first-order valence-corrected chi connectivity index (χ1v) is 10.9. The number of aromatic nitrogens is 2. The molecule has 27 heavy (non-hydrogen) atoms. The Morgan fingerprint density at radius 2 is 2.07 bits per heavy atom. The number of fused-ring (bicyclic) bond motifs is 1. The normalized spacial score (nSPS) is 12.3. The van der Waals surface area contributed by atoms with E-state index in [0.29, 0.717) is 15.4 Å². The first-order chi connectivity index (χ1) is 13.0. The molecule has 1 atom stereocenters. The van der Waals surface area contributed by atoms with Crippen molar-refractivity contribution in [2.75, 3.05) is 11.1 Å². The predicted octanol–water partition coefficient (Wildman–Crippen LogP) is 4.72. The molecule has 1 amide bonds. The van der Waals surface area contributed by atoms with Crippen LogP contribution in [0.3, 0.4) is 0 Å². The second-order valence-electron chi connectivity index (χ2n) is 6.31. The summed E-state index contributed by atoms with van der Waals surface area (Å²) in [5.41, 5.74) is 2.61. The van der Waals surface area contributed by atoms with E-state index in [4.69, 9.17) is 0 Å². The molecule has 0 aliphatic carbocycles. The van der Waals surface area contributed by atoms with E-state index in [-0.39, 0.29) is 23.3 Å². The Hall–Kier alpha value is -2.12. The number of amides is 1. The van der Waals surface area contributed by atoms with Gasteiger partial charge in [-0.05, 0) is 42.8 Å². The molecule has 142 valence electrons. The van der Waals surface area contributed by atoms with E-state index in [9.17, 15) is 9.59 Å². The molecular formula is C20H23N3O2S2. The van der Waals surface area contributed by atoms with Crippen LogP contribution in [0.4, 0.5) is 5.69 Å². The molecule has 3 aromatic rings. The number of carbonyl (C=O) groups is 1. The van der Waals surface area contributed by atoms with Gasteiger partial charge in [-0.1, -0.05) is 43.8 Å². The summed E-state index contributed by atoms with van der Waals surface area (Å²) in [7, 11) is 0. The molecule has 0 aliphatic heterocycles. The molecule has 0 fully saturated rings. The molecule has 0 spiro atoms. The minimum atomic E-state index is -0.101. The lowest BCUT2D eigenvalue weighted by Crippen LogP contribution is -2.26. The second-order valence-corrected chi connectivity index (χ2v) is 8.17. The van der Waals surface area contributed by atoms with Gasteiger partial charge in [0, 0.05) is 11.7 Å². The number of nitrogens with zero attached hydrogens (tertiary/aromatic N) is 2. The summed E-state index contributed by atoms with van der Waals surface area (Å²) in [4.78, 5) is 29.9. The number of aryl methyl sites for hydroxylation is 1. The van der Waals surface area contributed by atoms with E-state index in [0.717, 1.165) is 24.1 Å². The van der Waals surface area contributed by atoms with Crippen molar-refractivity contribution < 1.29 is 4.79 Å². The maximum absolute atomic E-state index is 12.8. The number of thioether (sulfide) groups is 1. The molecule has 0 bridgehead atoms. The average molecular weight is 402 g/mol. The van der Waals surface area contributed by atoms with Crippen LogP contribution in [0.15, 0.2) is 45.7 Å². The van der Waals surface area contributed by atoms with Crippen LogP contribution >= 0.6 is 23.1 Å². The predicted molar refractivity (Wildman–Crippen MR) is 114 cm³/mol. The summed E-state index contributed by atoms with van der Waals surface area (Å²) in [6.07, 6.45) is 1.68. The number of hydrogen-bond acceptors (Lipinski definition) is 5. The van der Waals surface area contributed by atoms with Crippen LogP contribution in [0.2, 0.25) is 0 Å².